The number of carboxylic acids is 1. The van der Waals surface area contributed by atoms with E-state index in [0.717, 1.165) is 6.07 Å². The summed E-state index contributed by atoms with van der Waals surface area (Å²) in [6, 6.07) is 5.39. The Morgan fingerprint density at radius 2 is 2.19 bits per heavy atom. The van der Waals surface area contributed by atoms with Gasteiger partial charge < -0.3 is 10.4 Å². The lowest BCUT2D eigenvalue weighted by Gasteiger charge is -2.07. The van der Waals surface area contributed by atoms with Crippen LogP contribution in [0.5, 0.6) is 0 Å². The molecule has 0 aliphatic carbocycles. The van der Waals surface area contributed by atoms with Gasteiger partial charge in [-0.3, -0.25) is 10.1 Å². The Labute approximate surface area is 119 Å². The van der Waals surface area contributed by atoms with Crippen LogP contribution in [0.25, 0.3) is 0 Å². The van der Waals surface area contributed by atoms with Crippen molar-refractivity contribution in [3.8, 4) is 0 Å². The van der Waals surface area contributed by atoms with Gasteiger partial charge >= 0.3 is 5.97 Å². The highest BCUT2D eigenvalue weighted by Gasteiger charge is 2.17. The fourth-order valence-electron chi connectivity index (χ4n) is 1.75. The number of hydrogen-bond donors (Lipinski definition) is 2. The summed E-state index contributed by atoms with van der Waals surface area (Å²) < 4.78 is 0. The summed E-state index contributed by atoms with van der Waals surface area (Å²) in [6.07, 6.45) is 1.60. The van der Waals surface area contributed by atoms with E-state index >= 15 is 0 Å². The molecule has 2 rings (SSSR count). The zero-order valence-corrected chi connectivity index (χ0v) is 11.1. The van der Waals surface area contributed by atoms with Gasteiger partial charge in [-0.05, 0) is 25.1 Å². The number of carboxylic acid groups (broad SMARTS) is 1. The predicted molar refractivity (Wildman–Crippen MR) is 74.2 cm³/mol. The highest BCUT2D eigenvalue weighted by molar-refractivity contribution is 5.89. The summed E-state index contributed by atoms with van der Waals surface area (Å²) in [5.74, 6) is -0.610. The van der Waals surface area contributed by atoms with Crippen LogP contribution in [0.3, 0.4) is 0 Å². The normalized spacial score (nSPS) is 10.1. The molecule has 0 radical (unpaired) electrons. The molecule has 0 aliphatic rings. The average Bonchev–Trinajstić information content (AvgIpc) is 2.44. The summed E-state index contributed by atoms with van der Waals surface area (Å²) in [6.45, 7) is 2.02. The van der Waals surface area contributed by atoms with Crippen LogP contribution >= 0.6 is 0 Å². The molecule has 1 aromatic heterocycles. The van der Waals surface area contributed by atoms with Gasteiger partial charge in [-0.1, -0.05) is 0 Å². The lowest BCUT2D eigenvalue weighted by atomic mass is 10.1. The quantitative estimate of drug-likeness (QED) is 0.638. The van der Waals surface area contributed by atoms with Crippen LogP contribution in [0.15, 0.2) is 30.5 Å². The second kappa shape index (κ2) is 5.95. The molecule has 2 aromatic rings. The Hall–Kier alpha value is -3.03. The van der Waals surface area contributed by atoms with Crippen LogP contribution < -0.4 is 5.32 Å². The van der Waals surface area contributed by atoms with Crippen LogP contribution in [-0.4, -0.2) is 26.0 Å². The maximum absolute atomic E-state index is 11.0. The van der Waals surface area contributed by atoms with Crippen molar-refractivity contribution in [1.82, 2.24) is 9.97 Å². The van der Waals surface area contributed by atoms with E-state index in [0.29, 0.717) is 11.5 Å². The van der Waals surface area contributed by atoms with Crippen LogP contribution in [-0.2, 0) is 6.54 Å². The molecular weight excluding hydrogens is 276 g/mol. The molecule has 0 saturated carbocycles. The van der Waals surface area contributed by atoms with Crippen LogP contribution in [0.1, 0.15) is 21.9 Å². The highest BCUT2D eigenvalue weighted by atomic mass is 16.6. The van der Waals surface area contributed by atoms with Gasteiger partial charge in [-0.2, -0.15) is 0 Å². The first-order valence-electron chi connectivity index (χ1n) is 6.01. The Morgan fingerprint density at radius 1 is 1.43 bits per heavy atom. The van der Waals surface area contributed by atoms with E-state index in [4.69, 9.17) is 5.11 Å². The first-order chi connectivity index (χ1) is 9.97. The lowest BCUT2D eigenvalue weighted by Crippen LogP contribution is -2.06. The largest absolute Gasteiger partial charge is 0.478 e. The SMILES string of the molecule is Cc1nccc(CNc2ccc(C(=O)O)cc2[N+](=O)[O-])n1. The Balaban J connectivity index is 2.23. The molecule has 0 atom stereocenters. The molecular formula is C13H12N4O4. The molecule has 0 amide bonds. The monoisotopic (exact) mass is 288 g/mol. The standard InChI is InChI=1S/C13H12N4O4/c1-8-14-5-4-10(16-8)7-15-11-3-2-9(13(18)19)6-12(11)17(20)21/h2-6,15H,7H2,1H3,(H,18,19). The van der Waals surface area contributed by atoms with E-state index in [2.05, 4.69) is 15.3 Å². The molecule has 0 aliphatic heterocycles. The van der Waals surface area contributed by atoms with E-state index in [9.17, 15) is 14.9 Å². The van der Waals surface area contributed by atoms with Crippen molar-refractivity contribution in [2.75, 3.05) is 5.32 Å². The van der Waals surface area contributed by atoms with E-state index in [1.165, 1.54) is 12.1 Å². The minimum Gasteiger partial charge on any atom is -0.478 e. The number of aromatic carboxylic acids is 1. The van der Waals surface area contributed by atoms with Crippen molar-refractivity contribution in [2.45, 2.75) is 13.5 Å². The molecule has 21 heavy (non-hydrogen) atoms. The van der Waals surface area contributed by atoms with E-state index in [1.807, 2.05) is 0 Å². The molecule has 108 valence electrons. The number of aryl methyl sites for hydroxylation is 1. The number of rotatable bonds is 5. The molecule has 8 nitrogen and oxygen atoms in total. The van der Waals surface area contributed by atoms with Crippen molar-refractivity contribution >= 4 is 17.3 Å². The van der Waals surface area contributed by atoms with Crippen molar-refractivity contribution in [1.29, 1.82) is 0 Å². The van der Waals surface area contributed by atoms with E-state index < -0.39 is 10.9 Å². The smallest absolute Gasteiger partial charge is 0.335 e. The zero-order valence-electron chi connectivity index (χ0n) is 11.1. The Morgan fingerprint density at radius 3 is 2.81 bits per heavy atom. The Kier molecular flexibility index (Phi) is 4.07. The van der Waals surface area contributed by atoms with E-state index in [-0.39, 0.29) is 23.5 Å². The van der Waals surface area contributed by atoms with Gasteiger partial charge in [0, 0.05) is 12.3 Å². The van der Waals surface area contributed by atoms with Crippen molar-refractivity contribution < 1.29 is 14.8 Å². The number of benzene rings is 1. The molecule has 0 fully saturated rings. The second-order valence-corrected chi connectivity index (χ2v) is 4.24. The second-order valence-electron chi connectivity index (χ2n) is 4.24. The molecule has 8 heteroatoms. The number of nitrogens with one attached hydrogen (secondary N) is 1. The van der Waals surface area contributed by atoms with Gasteiger partial charge in [0.2, 0.25) is 0 Å². The number of hydrogen-bond acceptors (Lipinski definition) is 6. The average molecular weight is 288 g/mol. The fraction of sp³-hybridized carbons (Fsp3) is 0.154. The first-order valence-corrected chi connectivity index (χ1v) is 6.01. The van der Waals surface area contributed by atoms with Crippen molar-refractivity contribution in [3.05, 3.63) is 57.7 Å². The van der Waals surface area contributed by atoms with Gasteiger partial charge in [0.05, 0.1) is 22.7 Å². The van der Waals surface area contributed by atoms with E-state index in [1.54, 1.807) is 19.2 Å². The third-order valence-electron chi connectivity index (χ3n) is 2.74. The summed E-state index contributed by atoms with van der Waals surface area (Å²) in [7, 11) is 0. The van der Waals surface area contributed by atoms with Gasteiger partial charge in [0.15, 0.2) is 0 Å². The maximum Gasteiger partial charge on any atom is 0.335 e. The minimum atomic E-state index is -1.21. The lowest BCUT2D eigenvalue weighted by molar-refractivity contribution is -0.384. The number of nitro groups is 1. The summed E-state index contributed by atoms with van der Waals surface area (Å²) in [5, 5.41) is 22.7. The molecule has 2 N–H and O–H groups in total. The van der Waals surface area contributed by atoms with Gasteiger partial charge in [0.25, 0.3) is 5.69 Å². The van der Waals surface area contributed by atoms with Crippen LogP contribution in [0.2, 0.25) is 0 Å². The van der Waals surface area contributed by atoms with Gasteiger partial charge in [0.1, 0.15) is 11.5 Å². The molecule has 0 spiro atoms. The third-order valence-corrected chi connectivity index (χ3v) is 2.74. The molecule has 1 aromatic carbocycles. The van der Waals surface area contributed by atoms with Gasteiger partial charge in [-0.25, -0.2) is 14.8 Å². The fourth-order valence-corrected chi connectivity index (χ4v) is 1.75. The number of carbonyl (C=O) groups is 1. The van der Waals surface area contributed by atoms with Crippen LogP contribution in [0.4, 0.5) is 11.4 Å². The first kappa shape index (κ1) is 14.4. The van der Waals surface area contributed by atoms with Crippen LogP contribution in [0, 0.1) is 17.0 Å². The van der Waals surface area contributed by atoms with Crippen molar-refractivity contribution in [2.24, 2.45) is 0 Å². The summed E-state index contributed by atoms with van der Waals surface area (Å²) >= 11 is 0. The maximum atomic E-state index is 11.0. The highest BCUT2D eigenvalue weighted by Crippen LogP contribution is 2.26. The summed E-state index contributed by atoms with van der Waals surface area (Å²) in [5.41, 5.74) is 0.492. The predicted octanol–water partition coefficient (Wildman–Crippen LogP) is 2.00. The Bertz CT molecular complexity index is 702. The number of nitro benzene ring substituents is 1. The topological polar surface area (TPSA) is 118 Å². The number of anilines is 1. The molecule has 0 unspecified atom stereocenters. The molecule has 0 saturated heterocycles. The molecule has 0 bridgehead atoms. The number of aromatic nitrogens is 2. The molecule has 1 heterocycles. The number of nitrogens with zero attached hydrogens (tertiary/aromatic N) is 3. The summed E-state index contributed by atoms with van der Waals surface area (Å²) in [4.78, 5) is 29.4. The minimum absolute atomic E-state index is 0.134. The third kappa shape index (κ3) is 3.50. The van der Waals surface area contributed by atoms with Gasteiger partial charge in [-0.15, -0.1) is 0 Å². The van der Waals surface area contributed by atoms with Crippen molar-refractivity contribution in [3.63, 3.8) is 0 Å². The zero-order chi connectivity index (χ0) is 15.4.